The summed E-state index contributed by atoms with van der Waals surface area (Å²) in [7, 11) is -1.90. The highest BCUT2D eigenvalue weighted by Crippen LogP contribution is 2.14. The average molecular weight is 316 g/mol. The molecule has 0 unspecified atom stereocenters. The molecule has 7 heteroatoms. The van der Waals surface area contributed by atoms with Crippen molar-refractivity contribution in [2.75, 3.05) is 13.7 Å². The van der Waals surface area contributed by atoms with Crippen molar-refractivity contribution >= 4 is 21.5 Å². The van der Waals surface area contributed by atoms with Crippen LogP contribution in [0.4, 0.5) is 0 Å². The monoisotopic (exact) mass is 316 g/mol. The molecule has 112 valence electrons. The Morgan fingerprint density at radius 3 is 2.80 bits per heavy atom. The van der Waals surface area contributed by atoms with Crippen molar-refractivity contribution in [3.8, 4) is 11.8 Å². The molecule has 5 nitrogen and oxygen atoms in total. The molecule has 0 fully saturated rings. The van der Waals surface area contributed by atoms with Crippen molar-refractivity contribution < 1.29 is 13.5 Å². The summed E-state index contributed by atoms with van der Waals surface area (Å²) < 4.78 is 27.7. The number of aliphatic hydroxyl groups excluding tert-OH is 1. The highest BCUT2D eigenvalue weighted by molar-refractivity contribution is 7.87. The first kappa shape index (κ1) is 17.1. The minimum absolute atomic E-state index is 0.0470. The zero-order valence-corrected chi connectivity index (χ0v) is 13.5. The lowest BCUT2D eigenvalue weighted by atomic mass is 10.3. The quantitative estimate of drug-likeness (QED) is 0.774. The van der Waals surface area contributed by atoms with Crippen LogP contribution in [-0.2, 0) is 16.8 Å². The van der Waals surface area contributed by atoms with Crippen LogP contribution in [0.25, 0.3) is 0 Å². The molecule has 1 heterocycles. The van der Waals surface area contributed by atoms with Crippen LogP contribution in [0.2, 0.25) is 0 Å². The van der Waals surface area contributed by atoms with Gasteiger partial charge in [0, 0.05) is 41.9 Å². The molecule has 20 heavy (non-hydrogen) atoms. The largest absolute Gasteiger partial charge is 0.395 e. The normalized spacial score (nSPS) is 11.7. The summed E-state index contributed by atoms with van der Waals surface area (Å²) in [5.74, 6) is 5.75. The molecule has 0 saturated carbocycles. The van der Waals surface area contributed by atoms with Crippen molar-refractivity contribution in [1.29, 1.82) is 0 Å². The second-order valence-corrected chi connectivity index (χ2v) is 7.32. The van der Waals surface area contributed by atoms with Gasteiger partial charge >= 0.3 is 0 Å². The van der Waals surface area contributed by atoms with Crippen LogP contribution in [0, 0.1) is 11.8 Å². The second kappa shape index (κ2) is 7.76. The van der Waals surface area contributed by atoms with Crippen molar-refractivity contribution in [3.63, 3.8) is 0 Å². The summed E-state index contributed by atoms with van der Waals surface area (Å²) >= 11 is 1.46. The summed E-state index contributed by atoms with van der Waals surface area (Å²) in [6.07, 6.45) is 0.441. The van der Waals surface area contributed by atoms with E-state index in [2.05, 4.69) is 16.6 Å². The van der Waals surface area contributed by atoms with Gasteiger partial charge in [-0.2, -0.15) is 17.4 Å². The van der Waals surface area contributed by atoms with Crippen molar-refractivity contribution in [1.82, 2.24) is 9.03 Å². The van der Waals surface area contributed by atoms with E-state index in [9.17, 15) is 8.42 Å². The first-order chi connectivity index (χ1) is 9.36. The van der Waals surface area contributed by atoms with Gasteiger partial charge in [-0.05, 0) is 19.9 Å². The van der Waals surface area contributed by atoms with E-state index in [4.69, 9.17) is 5.11 Å². The van der Waals surface area contributed by atoms with E-state index in [1.165, 1.54) is 15.6 Å². The Labute approximate surface area is 124 Å². The van der Waals surface area contributed by atoms with Gasteiger partial charge in [-0.1, -0.05) is 11.8 Å². The Hall–Kier alpha value is -0.910. The van der Waals surface area contributed by atoms with Crippen molar-refractivity contribution in [2.45, 2.75) is 32.9 Å². The van der Waals surface area contributed by atoms with Crippen molar-refractivity contribution in [2.24, 2.45) is 0 Å². The molecule has 0 bridgehead atoms. The molecule has 0 aliphatic carbocycles. The highest BCUT2D eigenvalue weighted by atomic mass is 32.2. The Bertz CT molecular complexity index is 582. The second-order valence-electron chi connectivity index (χ2n) is 4.51. The fraction of sp³-hybridized carbons (Fsp3) is 0.538. The van der Waals surface area contributed by atoms with Crippen molar-refractivity contribution in [3.05, 3.63) is 21.9 Å². The fourth-order valence-electron chi connectivity index (χ4n) is 1.30. The van der Waals surface area contributed by atoms with E-state index < -0.39 is 10.2 Å². The van der Waals surface area contributed by atoms with Gasteiger partial charge in [0.2, 0.25) is 0 Å². The van der Waals surface area contributed by atoms with Crippen LogP contribution in [-0.4, -0.2) is 37.5 Å². The summed E-state index contributed by atoms with van der Waals surface area (Å²) in [6.45, 7) is 3.94. The number of rotatable bonds is 6. The third-order valence-corrected chi connectivity index (χ3v) is 5.28. The first-order valence-electron chi connectivity index (χ1n) is 6.26. The fourth-order valence-corrected chi connectivity index (χ4v) is 3.24. The third kappa shape index (κ3) is 5.23. The third-order valence-electron chi connectivity index (χ3n) is 2.66. The van der Waals surface area contributed by atoms with Gasteiger partial charge in [-0.25, -0.2) is 0 Å². The number of hydrogen-bond donors (Lipinski definition) is 2. The molecule has 0 atom stereocenters. The maximum Gasteiger partial charge on any atom is 0.279 e. The summed E-state index contributed by atoms with van der Waals surface area (Å²) in [5, 5.41) is 10.5. The van der Waals surface area contributed by atoms with E-state index in [-0.39, 0.29) is 19.2 Å². The van der Waals surface area contributed by atoms with Gasteiger partial charge in [0.1, 0.15) is 0 Å². The molecule has 0 radical (unpaired) electrons. The van der Waals surface area contributed by atoms with Gasteiger partial charge in [0.15, 0.2) is 0 Å². The Morgan fingerprint density at radius 1 is 1.50 bits per heavy atom. The van der Waals surface area contributed by atoms with Crippen LogP contribution in [0.1, 0.15) is 30.7 Å². The molecule has 0 spiro atoms. The molecular formula is C13H20N2O3S2. The minimum Gasteiger partial charge on any atom is -0.395 e. The van der Waals surface area contributed by atoms with E-state index in [1.54, 1.807) is 7.05 Å². The highest BCUT2D eigenvalue weighted by Gasteiger charge is 2.19. The SMILES string of the molecule is CC(C)N(C)S(=O)(=O)NCc1cc(C#CCCO)cs1. The van der Waals surface area contributed by atoms with Gasteiger partial charge in [0.05, 0.1) is 6.61 Å². The van der Waals surface area contributed by atoms with Crippen LogP contribution in [0.15, 0.2) is 11.4 Å². The number of hydrogen-bond acceptors (Lipinski definition) is 4. The maximum atomic E-state index is 11.9. The Kier molecular flexibility index (Phi) is 6.65. The Morgan fingerprint density at radius 2 is 2.20 bits per heavy atom. The van der Waals surface area contributed by atoms with E-state index >= 15 is 0 Å². The van der Waals surface area contributed by atoms with Crippen LogP contribution in [0.5, 0.6) is 0 Å². The summed E-state index contributed by atoms with van der Waals surface area (Å²) in [4.78, 5) is 0.902. The zero-order valence-electron chi connectivity index (χ0n) is 11.9. The van der Waals surface area contributed by atoms with Gasteiger partial charge in [0.25, 0.3) is 10.2 Å². The lowest BCUT2D eigenvalue weighted by Crippen LogP contribution is -2.41. The molecule has 0 aliphatic rings. The standard InChI is InChI=1S/C13H20N2O3S2/c1-11(2)15(3)20(17,18)14-9-13-8-12(10-19-13)6-4-5-7-16/h8,10-11,14,16H,5,7,9H2,1-3H3. The number of nitrogens with zero attached hydrogens (tertiary/aromatic N) is 1. The molecule has 1 aromatic rings. The molecule has 1 aromatic heterocycles. The van der Waals surface area contributed by atoms with Crippen LogP contribution < -0.4 is 4.72 Å². The molecule has 2 N–H and O–H groups in total. The van der Waals surface area contributed by atoms with Crippen LogP contribution >= 0.6 is 11.3 Å². The lowest BCUT2D eigenvalue weighted by Gasteiger charge is -2.20. The van der Waals surface area contributed by atoms with Gasteiger partial charge < -0.3 is 5.11 Å². The smallest absolute Gasteiger partial charge is 0.279 e. The van der Waals surface area contributed by atoms with Crippen LogP contribution in [0.3, 0.4) is 0 Å². The molecule has 1 rings (SSSR count). The number of aliphatic hydroxyl groups is 1. The van der Waals surface area contributed by atoms with E-state index in [0.717, 1.165) is 10.4 Å². The average Bonchev–Trinajstić information content (AvgIpc) is 2.84. The molecule has 0 saturated heterocycles. The molecular weight excluding hydrogens is 296 g/mol. The first-order valence-corrected chi connectivity index (χ1v) is 8.58. The maximum absolute atomic E-state index is 11.9. The summed E-state index contributed by atoms with van der Waals surface area (Å²) in [5.41, 5.74) is 0.842. The van der Waals surface area contributed by atoms with Gasteiger partial charge in [-0.3, -0.25) is 0 Å². The number of nitrogens with one attached hydrogen (secondary N) is 1. The predicted octanol–water partition coefficient (Wildman–Crippen LogP) is 1.16. The molecule has 0 aromatic carbocycles. The summed E-state index contributed by atoms with van der Waals surface area (Å²) in [6, 6.07) is 1.77. The predicted molar refractivity (Wildman–Crippen MR) is 81.6 cm³/mol. The van der Waals surface area contributed by atoms with Gasteiger partial charge in [-0.15, -0.1) is 11.3 Å². The Balaban J connectivity index is 2.61. The number of thiophene rings is 1. The molecule has 0 amide bonds. The molecule has 0 aliphatic heterocycles. The lowest BCUT2D eigenvalue weighted by molar-refractivity contribution is 0.305. The zero-order chi connectivity index (χ0) is 15.2. The van der Waals surface area contributed by atoms with E-state index in [0.29, 0.717) is 6.42 Å². The topological polar surface area (TPSA) is 69.6 Å². The minimum atomic E-state index is -3.45. The van der Waals surface area contributed by atoms with E-state index in [1.807, 2.05) is 25.3 Å².